The molecule has 0 aromatic heterocycles. The number of benzene rings is 3. The molecule has 1 fully saturated rings. The van der Waals surface area contributed by atoms with Crippen molar-refractivity contribution in [1.82, 2.24) is 0 Å². The fourth-order valence-corrected chi connectivity index (χ4v) is 4.41. The number of methoxy groups -OCH3 is 1. The first-order valence-corrected chi connectivity index (χ1v) is 10.8. The van der Waals surface area contributed by atoms with Gasteiger partial charge in [-0.2, -0.15) is 0 Å². The Morgan fingerprint density at radius 3 is 2.44 bits per heavy atom. The van der Waals surface area contributed by atoms with Gasteiger partial charge in [0.1, 0.15) is 18.2 Å². The maximum absolute atomic E-state index is 14.2. The number of hydrogen-bond acceptors (Lipinski definition) is 5. The molecule has 4 rings (SSSR count). The molecule has 4 nitrogen and oxygen atoms in total. The molecular weight excluding hydrogens is 452 g/mol. The summed E-state index contributed by atoms with van der Waals surface area (Å²) in [6.45, 7) is 0.0158. The molecule has 32 heavy (non-hydrogen) atoms. The molecule has 1 saturated heterocycles. The molecule has 0 bridgehead atoms. The topological polar surface area (TPSA) is 38.8 Å². The van der Waals surface area contributed by atoms with E-state index in [1.807, 2.05) is 0 Å². The number of amides is 1. The Bertz CT molecular complexity index is 1230. The number of para-hydroxylation sites is 1. The third kappa shape index (κ3) is 4.51. The molecule has 0 radical (unpaired) electrons. The van der Waals surface area contributed by atoms with E-state index in [9.17, 15) is 13.6 Å². The number of nitrogens with zero attached hydrogens (tertiary/aromatic N) is 1. The van der Waals surface area contributed by atoms with Crippen LogP contribution in [-0.2, 0) is 11.4 Å². The second kappa shape index (κ2) is 9.50. The lowest BCUT2D eigenvalue weighted by molar-refractivity contribution is -0.113. The van der Waals surface area contributed by atoms with Crippen molar-refractivity contribution in [2.75, 3.05) is 12.0 Å². The molecule has 1 heterocycles. The minimum atomic E-state index is -0.529. The smallest absolute Gasteiger partial charge is 0.270 e. The first-order chi connectivity index (χ1) is 15.5. The van der Waals surface area contributed by atoms with E-state index >= 15 is 0 Å². The maximum Gasteiger partial charge on any atom is 0.270 e. The summed E-state index contributed by atoms with van der Waals surface area (Å²) in [5.74, 6) is -0.431. The zero-order chi connectivity index (χ0) is 22.7. The third-order valence-electron chi connectivity index (χ3n) is 4.71. The molecule has 162 valence electrons. The number of thioether (sulfide) groups is 1. The van der Waals surface area contributed by atoms with E-state index in [4.69, 9.17) is 21.7 Å². The Morgan fingerprint density at radius 2 is 1.72 bits per heavy atom. The fraction of sp³-hybridized carbons (Fsp3) is 0.0833. The first-order valence-electron chi connectivity index (χ1n) is 9.54. The molecule has 0 saturated carbocycles. The average Bonchev–Trinajstić information content (AvgIpc) is 3.06. The van der Waals surface area contributed by atoms with Crippen LogP contribution in [0.3, 0.4) is 0 Å². The lowest BCUT2D eigenvalue weighted by atomic mass is 10.1. The number of thiocarbonyl (C=S) groups is 1. The van der Waals surface area contributed by atoms with Crippen molar-refractivity contribution < 1.29 is 23.0 Å². The van der Waals surface area contributed by atoms with Crippen LogP contribution in [0.15, 0.2) is 71.6 Å². The summed E-state index contributed by atoms with van der Waals surface area (Å²) in [6, 6.07) is 17.5. The predicted molar refractivity (Wildman–Crippen MR) is 126 cm³/mol. The van der Waals surface area contributed by atoms with Gasteiger partial charge in [0.25, 0.3) is 5.91 Å². The lowest BCUT2D eigenvalue weighted by Gasteiger charge is -2.15. The van der Waals surface area contributed by atoms with Gasteiger partial charge in [0.2, 0.25) is 0 Å². The van der Waals surface area contributed by atoms with Crippen LogP contribution in [0.5, 0.6) is 11.5 Å². The van der Waals surface area contributed by atoms with Crippen LogP contribution in [-0.4, -0.2) is 17.3 Å². The summed E-state index contributed by atoms with van der Waals surface area (Å²) >= 11 is 6.39. The molecule has 1 aliphatic heterocycles. The normalized spacial score (nSPS) is 14.8. The highest BCUT2D eigenvalue weighted by molar-refractivity contribution is 8.27. The molecule has 3 aromatic rings. The highest BCUT2D eigenvalue weighted by Gasteiger charge is 2.34. The van der Waals surface area contributed by atoms with Crippen LogP contribution >= 0.6 is 24.0 Å². The summed E-state index contributed by atoms with van der Waals surface area (Å²) in [7, 11) is 1.50. The molecule has 1 amide bonds. The quantitative estimate of drug-likeness (QED) is 0.329. The molecule has 0 N–H and O–H groups in total. The van der Waals surface area contributed by atoms with Gasteiger partial charge < -0.3 is 9.47 Å². The van der Waals surface area contributed by atoms with Crippen molar-refractivity contribution in [2.24, 2.45) is 0 Å². The monoisotopic (exact) mass is 469 g/mol. The van der Waals surface area contributed by atoms with Gasteiger partial charge in [-0.15, -0.1) is 0 Å². The molecular formula is C24H17F2NO3S2. The Hall–Kier alpha value is -3.23. The predicted octanol–water partition coefficient (Wildman–Crippen LogP) is 5.96. The van der Waals surface area contributed by atoms with Gasteiger partial charge in [-0.1, -0.05) is 60.4 Å². The molecule has 8 heteroatoms. The van der Waals surface area contributed by atoms with Crippen LogP contribution < -0.4 is 14.4 Å². The van der Waals surface area contributed by atoms with Crippen LogP contribution in [0.1, 0.15) is 11.1 Å². The summed E-state index contributed by atoms with van der Waals surface area (Å²) < 4.78 is 39.5. The van der Waals surface area contributed by atoms with E-state index < -0.39 is 11.7 Å². The summed E-state index contributed by atoms with van der Waals surface area (Å²) in [5.41, 5.74) is 1.18. The maximum atomic E-state index is 14.2. The summed E-state index contributed by atoms with van der Waals surface area (Å²) in [5, 5.41) is 0. The summed E-state index contributed by atoms with van der Waals surface area (Å²) in [6.07, 6.45) is 1.65. The largest absolute Gasteiger partial charge is 0.493 e. The van der Waals surface area contributed by atoms with Crippen molar-refractivity contribution in [3.8, 4) is 11.5 Å². The highest BCUT2D eigenvalue weighted by Crippen LogP contribution is 2.38. The fourth-order valence-electron chi connectivity index (χ4n) is 3.13. The number of carbonyl (C=O) groups is 1. The molecule has 0 spiro atoms. The van der Waals surface area contributed by atoms with Crippen LogP contribution in [0, 0.1) is 11.6 Å². The van der Waals surface area contributed by atoms with Gasteiger partial charge in [0, 0.05) is 5.56 Å². The summed E-state index contributed by atoms with van der Waals surface area (Å²) in [4.78, 5) is 14.4. The second-order valence-electron chi connectivity index (χ2n) is 6.76. The molecule has 0 aliphatic carbocycles. The van der Waals surface area contributed by atoms with Crippen LogP contribution in [0.25, 0.3) is 6.08 Å². The van der Waals surface area contributed by atoms with Crippen LogP contribution in [0.2, 0.25) is 0 Å². The number of ether oxygens (including phenoxy) is 2. The van der Waals surface area contributed by atoms with Gasteiger partial charge in [-0.25, -0.2) is 8.78 Å². The van der Waals surface area contributed by atoms with E-state index in [1.165, 1.54) is 30.2 Å². The van der Waals surface area contributed by atoms with Crippen molar-refractivity contribution >= 4 is 46.0 Å². The Morgan fingerprint density at radius 1 is 1.00 bits per heavy atom. The Kier molecular flexibility index (Phi) is 6.53. The van der Waals surface area contributed by atoms with E-state index in [2.05, 4.69) is 0 Å². The SMILES string of the molecule is COc1ccc(/C=C2/SC(=S)N(c3ccccc3F)C2=O)cc1OCc1ccccc1F. The van der Waals surface area contributed by atoms with Crippen molar-refractivity contribution in [2.45, 2.75) is 6.61 Å². The Labute approximate surface area is 193 Å². The number of rotatable bonds is 6. The number of halogens is 2. The van der Waals surface area contributed by atoms with Crippen LogP contribution in [0.4, 0.5) is 14.5 Å². The first kappa shape index (κ1) is 22.0. The van der Waals surface area contributed by atoms with E-state index in [0.717, 1.165) is 11.8 Å². The zero-order valence-electron chi connectivity index (χ0n) is 16.9. The van der Waals surface area contributed by atoms with E-state index in [-0.39, 0.29) is 22.4 Å². The zero-order valence-corrected chi connectivity index (χ0v) is 18.5. The van der Waals surface area contributed by atoms with Gasteiger partial charge in [-0.05, 0) is 42.0 Å². The average molecular weight is 470 g/mol. The number of carbonyl (C=O) groups excluding carboxylic acids is 1. The minimum Gasteiger partial charge on any atom is -0.493 e. The second-order valence-corrected chi connectivity index (χ2v) is 8.43. The third-order valence-corrected chi connectivity index (χ3v) is 6.02. The molecule has 1 aliphatic rings. The molecule has 3 aromatic carbocycles. The lowest BCUT2D eigenvalue weighted by Crippen LogP contribution is -2.28. The van der Waals surface area contributed by atoms with E-state index in [1.54, 1.807) is 54.6 Å². The number of hydrogen-bond donors (Lipinski definition) is 0. The van der Waals surface area contributed by atoms with Crippen molar-refractivity contribution in [3.05, 3.63) is 94.4 Å². The van der Waals surface area contributed by atoms with Gasteiger partial charge in [0.05, 0.1) is 17.7 Å². The standard InChI is InChI=1S/C24H17F2NO3S2/c1-29-20-11-10-15(12-21(20)30-14-16-6-2-3-7-17(16)25)13-22-23(28)27(24(31)32-22)19-9-5-4-8-18(19)26/h2-13H,14H2,1H3/b22-13+. The Balaban J connectivity index is 1.59. The number of anilines is 1. The van der Waals surface area contributed by atoms with Gasteiger partial charge in [-0.3, -0.25) is 9.69 Å². The molecule has 0 unspecified atom stereocenters. The van der Waals surface area contributed by atoms with Crippen molar-refractivity contribution in [1.29, 1.82) is 0 Å². The van der Waals surface area contributed by atoms with Gasteiger partial charge >= 0.3 is 0 Å². The molecule has 0 atom stereocenters. The highest BCUT2D eigenvalue weighted by atomic mass is 32.2. The minimum absolute atomic E-state index is 0.0158. The van der Waals surface area contributed by atoms with Crippen molar-refractivity contribution in [3.63, 3.8) is 0 Å². The van der Waals surface area contributed by atoms with E-state index in [0.29, 0.717) is 27.5 Å². The van der Waals surface area contributed by atoms with Gasteiger partial charge in [0.15, 0.2) is 15.8 Å².